The first-order chi connectivity index (χ1) is 23.1. The standard InChI is InChI=1S/C47H32/c1-47(2)44-28-32-25-31(34-15-5-6-17-36(34)42-27-30-13-3-4-14-33(30)35-16-7-8-20-39(35)42)24-23-29(32)26-43(44)45-40-21-11-9-18-37(40)38-19-10-12-22-41(38)46(45)47/h3-28H,1-2H3. The summed E-state index contributed by atoms with van der Waals surface area (Å²) in [6.07, 6.45) is 0. The van der Waals surface area contributed by atoms with Gasteiger partial charge in [-0.05, 0) is 123 Å². The van der Waals surface area contributed by atoms with Crippen LogP contribution in [0.25, 0.3) is 87.2 Å². The van der Waals surface area contributed by atoms with Crippen molar-refractivity contribution in [3.8, 4) is 33.4 Å². The maximum Gasteiger partial charge on any atom is 0.0165 e. The minimum atomic E-state index is -0.125. The van der Waals surface area contributed by atoms with E-state index in [1.165, 1.54) is 98.4 Å². The molecule has 0 fully saturated rings. The predicted octanol–water partition coefficient (Wildman–Crippen LogP) is 13.1. The van der Waals surface area contributed by atoms with Crippen molar-refractivity contribution in [1.82, 2.24) is 0 Å². The van der Waals surface area contributed by atoms with Crippen LogP contribution in [0.4, 0.5) is 0 Å². The highest BCUT2D eigenvalue weighted by molar-refractivity contribution is 6.19. The van der Waals surface area contributed by atoms with Gasteiger partial charge in [-0.1, -0.05) is 147 Å². The zero-order chi connectivity index (χ0) is 31.3. The zero-order valence-corrected chi connectivity index (χ0v) is 26.5. The third-order valence-electron chi connectivity index (χ3n) is 10.8. The molecule has 1 aliphatic carbocycles. The van der Waals surface area contributed by atoms with E-state index < -0.39 is 0 Å². The van der Waals surface area contributed by atoms with Crippen molar-refractivity contribution in [3.63, 3.8) is 0 Å². The van der Waals surface area contributed by atoms with Gasteiger partial charge in [0, 0.05) is 5.41 Å². The largest absolute Gasteiger partial charge is 0.0616 e. The molecule has 0 saturated carbocycles. The minimum Gasteiger partial charge on any atom is -0.0616 e. The average molecular weight is 597 g/mol. The maximum atomic E-state index is 2.48. The molecule has 1 aliphatic rings. The lowest BCUT2D eigenvalue weighted by atomic mass is 9.79. The first-order valence-electron chi connectivity index (χ1n) is 16.6. The van der Waals surface area contributed by atoms with Gasteiger partial charge in [0.1, 0.15) is 0 Å². The molecule has 10 rings (SSSR count). The molecule has 0 N–H and O–H groups in total. The highest BCUT2D eigenvalue weighted by Crippen LogP contribution is 2.55. The van der Waals surface area contributed by atoms with Gasteiger partial charge in [0.25, 0.3) is 0 Å². The van der Waals surface area contributed by atoms with Crippen LogP contribution in [0.15, 0.2) is 158 Å². The summed E-state index contributed by atoms with van der Waals surface area (Å²) in [4.78, 5) is 0. The third-order valence-corrected chi connectivity index (χ3v) is 10.8. The van der Waals surface area contributed by atoms with E-state index in [1.54, 1.807) is 0 Å². The summed E-state index contributed by atoms with van der Waals surface area (Å²) in [6, 6.07) is 58.8. The fourth-order valence-corrected chi connectivity index (χ4v) is 8.64. The molecule has 0 unspecified atom stereocenters. The minimum absolute atomic E-state index is 0.125. The number of benzene rings is 9. The van der Waals surface area contributed by atoms with Crippen molar-refractivity contribution in [3.05, 3.63) is 169 Å². The highest BCUT2D eigenvalue weighted by atomic mass is 14.4. The lowest BCUT2D eigenvalue weighted by Gasteiger charge is -2.24. The summed E-state index contributed by atoms with van der Waals surface area (Å²) in [5.41, 5.74) is 10.6. The molecule has 0 radical (unpaired) electrons. The molecule has 47 heavy (non-hydrogen) atoms. The lowest BCUT2D eigenvalue weighted by Crippen LogP contribution is -2.15. The normalized spacial score (nSPS) is 13.5. The van der Waals surface area contributed by atoms with Crippen LogP contribution in [0.3, 0.4) is 0 Å². The predicted molar refractivity (Wildman–Crippen MR) is 202 cm³/mol. The molecule has 0 bridgehead atoms. The van der Waals surface area contributed by atoms with E-state index in [-0.39, 0.29) is 5.41 Å². The topological polar surface area (TPSA) is 0 Å². The van der Waals surface area contributed by atoms with E-state index in [9.17, 15) is 0 Å². The molecule has 0 atom stereocenters. The molecule has 220 valence electrons. The van der Waals surface area contributed by atoms with Crippen molar-refractivity contribution < 1.29 is 0 Å². The molecular formula is C47H32. The van der Waals surface area contributed by atoms with Crippen LogP contribution in [0.1, 0.15) is 25.0 Å². The van der Waals surface area contributed by atoms with E-state index in [1.807, 2.05) is 0 Å². The molecule has 0 heterocycles. The van der Waals surface area contributed by atoms with Crippen molar-refractivity contribution in [2.75, 3.05) is 0 Å². The van der Waals surface area contributed by atoms with E-state index in [4.69, 9.17) is 0 Å². The lowest BCUT2D eigenvalue weighted by molar-refractivity contribution is 0.667. The molecule has 9 aromatic rings. The van der Waals surface area contributed by atoms with E-state index in [0.29, 0.717) is 0 Å². The summed E-state index contributed by atoms with van der Waals surface area (Å²) >= 11 is 0. The van der Waals surface area contributed by atoms with Crippen molar-refractivity contribution in [2.45, 2.75) is 19.3 Å². The summed E-state index contributed by atoms with van der Waals surface area (Å²) < 4.78 is 0. The Morgan fingerprint density at radius 2 is 0.894 bits per heavy atom. The van der Waals surface area contributed by atoms with Crippen molar-refractivity contribution in [1.29, 1.82) is 0 Å². The van der Waals surface area contributed by atoms with Gasteiger partial charge in [-0.15, -0.1) is 0 Å². The molecule has 0 nitrogen and oxygen atoms in total. The summed E-state index contributed by atoms with van der Waals surface area (Å²) in [5, 5.41) is 13.1. The van der Waals surface area contributed by atoms with E-state index >= 15 is 0 Å². The first-order valence-corrected chi connectivity index (χ1v) is 16.6. The zero-order valence-electron chi connectivity index (χ0n) is 26.5. The van der Waals surface area contributed by atoms with Crippen LogP contribution in [-0.4, -0.2) is 0 Å². The second-order valence-electron chi connectivity index (χ2n) is 13.7. The third kappa shape index (κ3) is 3.70. The molecule has 0 spiro atoms. The number of rotatable bonds is 2. The Kier molecular flexibility index (Phi) is 5.44. The molecule has 0 amide bonds. The van der Waals surface area contributed by atoms with Gasteiger partial charge in [0.2, 0.25) is 0 Å². The Hall–Kier alpha value is -5.72. The second kappa shape index (κ2) is 9.64. The second-order valence-corrected chi connectivity index (χ2v) is 13.7. The Morgan fingerprint density at radius 1 is 0.340 bits per heavy atom. The van der Waals surface area contributed by atoms with Gasteiger partial charge >= 0.3 is 0 Å². The van der Waals surface area contributed by atoms with Crippen molar-refractivity contribution in [2.24, 2.45) is 0 Å². The smallest absolute Gasteiger partial charge is 0.0165 e. The Balaban J connectivity index is 1.20. The van der Waals surface area contributed by atoms with Gasteiger partial charge in [-0.3, -0.25) is 0 Å². The van der Waals surface area contributed by atoms with Crippen molar-refractivity contribution >= 4 is 53.9 Å². The van der Waals surface area contributed by atoms with Gasteiger partial charge < -0.3 is 0 Å². The van der Waals surface area contributed by atoms with E-state index in [2.05, 4.69) is 172 Å². The maximum absolute atomic E-state index is 2.48. The Bertz CT molecular complexity index is 2760. The summed E-state index contributed by atoms with van der Waals surface area (Å²) in [7, 11) is 0. The fourth-order valence-electron chi connectivity index (χ4n) is 8.64. The summed E-state index contributed by atoms with van der Waals surface area (Å²) in [5.74, 6) is 0. The first kappa shape index (κ1) is 26.5. The molecule has 0 aliphatic heterocycles. The van der Waals surface area contributed by atoms with Crippen LogP contribution < -0.4 is 0 Å². The molecule has 0 heteroatoms. The molecule has 0 saturated heterocycles. The van der Waals surface area contributed by atoms with Crippen LogP contribution in [0.2, 0.25) is 0 Å². The van der Waals surface area contributed by atoms with Gasteiger partial charge in [0.05, 0.1) is 0 Å². The molecule has 9 aromatic carbocycles. The highest BCUT2D eigenvalue weighted by Gasteiger charge is 2.38. The quantitative estimate of drug-likeness (QED) is 0.174. The van der Waals surface area contributed by atoms with Gasteiger partial charge in [-0.25, -0.2) is 0 Å². The summed E-state index contributed by atoms with van der Waals surface area (Å²) in [6.45, 7) is 4.82. The van der Waals surface area contributed by atoms with Crippen LogP contribution in [0, 0.1) is 0 Å². The van der Waals surface area contributed by atoms with Crippen LogP contribution in [-0.2, 0) is 5.41 Å². The van der Waals surface area contributed by atoms with Gasteiger partial charge in [-0.2, -0.15) is 0 Å². The monoisotopic (exact) mass is 596 g/mol. The van der Waals surface area contributed by atoms with Gasteiger partial charge in [0.15, 0.2) is 0 Å². The molecular weight excluding hydrogens is 565 g/mol. The number of hydrogen-bond donors (Lipinski definition) is 0. The SMILES string of the molecule is CC1(C)c2cc3cc(-c4ccccc4-c4cc5ccccc5c5ccccc45)ccc3cc2-c2c1c1ccccc1c1ccccc21. The Labute approximate surface area is 274 Å². The van der Waals surface area contributed by atoms with Crippen LogP contribution in [0.5, 0.6) is 0 Å². The van der Waals surface area contributed by atoms with Crippen LogP contribution >= 0.6 is 0 Å². The molecule has 0 aromatic heterocycles. The fraction of sp³-hybridized carbons (Fsp3) is 0.0638. The van der Waals surface area contributed by atoms with E-state index in [0.717, 1.165) is 0 Å². The number of hydrogen-bond acceptors (Lipinski definition) is 0. The Morgan fingerprint density at radius 3 is 1.66 bits per heavy atom. The average Bonchev–Trinajstić information content (AvgIpc) is 3.36. The number of fused-ring (bicyclic) bond motifs is 12.